The number of ether oxygens (including phenoxy) is 2. The maximum atomic E-state index is 13.8. The third-order valence-corrected chi connectivity index (χ3v) is 8.06. The van der Waals surface area contributed by atoms with E-state index in [9.17, 15) is 22.7 Å². The molecular formula is C23H28ClFN2O6S. The second kappa shape index (κ2) is 10.8. The van der Waals surface area contributed by atoms with Crippen molar-refractivity contribution in [2.24, 2.45) is 0 Å². The molecule has 1 amide bonds. The predicted molar refractivity (Wildman–Crippen MR) is 127 cm³/mol. The number of hydrogen-bond donors (Lipinski definition) is 1. The molecule has 1 aliphatic rings. The number of sulfonamides is 1. The zero-order valence-corrected chi connectivity index (χ0v) is 20.8. The van der Waals surface area contributed by atoms with Crippen LogP contribution in [0.2, 0.25) is 5.02 Å². The Bertz CT molecular complexity index is 1150. The highest BCUT2D eigenvalue weighted by Crippen LogP contribution is 2.33. The first-order valence-electron chi connectivity index (χ1n) is 10.7. The highest BCUT2D eigenvalue weighted by molar-refractivity contribution is 7.92. The van der Waals surface area contributed by atoms with Crippen molar-refractivity contribution in [1.82, 2.24) is 4.90 Å². The van der Waals surface area contributed by atoms with Crippen molar-refractivity contribution >= 4 is 33.2 Å². The summed E-state index contributed by atoms with van der Waals surface area (Å²) < 4.78 is 52.4. The Morgan fingerprint density at radius 2 is 1.79 bits per heavy atom. The molecule has 1 saturated carbocycles. The Hall–Kier alpha value is -2.56. The second-order valence-corrected chi connectivity index (χ2v) is 10.3. The molecule has 2 unspecified atom stereocenters. The van der Waals surface area contributed by atoms with Gasteiger partial charge in [0, 0.05) is 13.1 Å². The number of amides is 1. The number of rotatable bonds is 8. The van der Waals surface area contributed by atoms with Crippen molar-refractivity contribution in [1.29, 1.82) is 0 Å². The number of aliphatic hydroxyl groups excluding tert-OH is 1. The average molecular weight is 515 g/mol. The number of carbonyl (C=O) groups excluding carboxylic acids is 1. The Morgan fingerprint density at radius 3 is 2.41 bits per heavy atom. The molecule has 0 radical (unpaired) electrons. The SMILES string of the molecule is COc1ccc(S(=O)(=O)N(CC(=O)N(C)C2CCCCC2O)c2ccc(F)c(Cl)c2)cc1OC. The summed E-state index contributed by atoms with van der Waals surface area (Å²) in [6.45, 7) is -0.571. The van der Waals surface area contributed by atoms with E-state index in [2.05, 4.69) is 0 Å². The van der Waals surface area contributed by atoms with Crippen molar-refractivity contribution in [3.63, 3.8) is 0 Å². The van der Waals surface area contributed by atoms with Crippen LogP contribution in [-0.4, -0.2) is 64.3 Å². The van der Waals surface area contributed by atoms with Crippen molar-refractivity contribution in [3.8, 4) is 11.5 Å². The first-order chi connectivity index (χ1) is 16.1. The molecule has 1 fully saturated rings. The summed E-state index contributed by atoms with van der Waals surface area (Å²) in [5, 5.41) is 10.1. The molecule has 8 nitrogen and oxygen atoms in total. The summed E-state index contributed by atoms with van der Waals surface area (Å²) in [7, 11) is 0.0330. The minimum absolute atomic E-state index is 0.0205. The van der Waals surface area contributed by atoms with Crippen LogP contribution in [0.25, 0.3) is 0 Å². The lowest BCUT2D eigenvalue weighted by atomic mass is 9.91. The van der Waals surface area contributed by atoms with E-state index >= 15 is 0 Å². The van der Waals surface area contributed by atoms with Gasteiger partial charge in [0.1, 0.15) is 12.4 Å². The number of methoxy groups -OCH3 is 2. The van der Waals surface area contributed by atoms with Crippen LogP contribution >= 0.6 is 11.6 Å². The van der Waals surface area contributed by atoms with Gasteiger partial charge in [-0.1, -0.05) is 24.4 Å². The smallest absolute Gasteiger partial charge is 0.264 e. The first-order valence-corrected chi connectivity index (χ1v) is 12.6. The summed E-state index contributed by atoms with van der Waals surface area (Å²) >= 11 is 5.92. The summed E-state index contributed by atoms with van der Waals surface area (Å²) in [6.07, 6.45) is 2.24. The monoisotopic (exact) mass is 514 g/mol. The van der Waals surface area contributed by atoms with Crippen molar-refractivity contribution in [2.75, 3.05) is 32.1 Å². The summed E-state index contributed by atoms with van der Waals surface area (Å²) in [5.74, 6) is -0.715. The van der Waals surface area contributed by atoms with Gasteiger partial charge in [0.05, 0.1) is 42.0 Å². The van der Waals surface area contributed by atoms with Gasteiger partial charge in [-0.15, -0.1) is 0 Å². The topological polar surface area (TPSA) is 96.4 Å². The number of anilines is 1. The Morgan fingerprint density at radius 1 is 1.12 bits per heavy atom. The van der Waals surface area contributed by atoms with E-state index < -0.39 is 40.4 Å². The molecule has 3 rings (SSSR count). The zero-order chi connectivity index (χ0) is 25.0. The van der Waals surface area contributed by atoms with Gasteiger partial charge in [-0.3, -0.25) is 9.10 Å². The molecule has 34 heavy (non-hydrogen) atoms. The van der Waals surface area contributed by atoms with E-state index in [1.807, 2.05) is 0 Å². The molecule has 0 bridgehead atoms. The fourth-order valence-corrected chi connectivity index (χ4v) is 5.62. The standard InChI is InChI=1S/C23H28ClFN2O6S/c1-26(19-6-4-5-7-20(19)28)23(29)14-27(15-8-10-18(25)17(24)12-15)34(30,31)16-9-11-21(32-2)22(13-16)33-3/h8-13,19-20,28H,4-7,14H2,1-3H3. The summed E-state index contributed by atoms with van der Waals surface area (Å²) in [6, 6.07) is 7.06. The van der Waals surface area contributed by atoms with Crippen molar-refractivity contribution in [2.45, 2.75) is 42.7 Å². The number of benzene rings is 2. The third kappa shape index (κ3) is 5.39. The number of aliphatic hydroxyl groups is 1. The van der Waals surface area contributed by atoms with Gasteiger partial charge in [-0.05, 0) is 43.2 Å². The van der Waals surface area contributed by atoms with E-state index in [1.165, 1.54) is 43.4 Å². The van der Waals surface area contributed by atoms with Crippen LogP contribution in [0.4, 0.5) is 10.1 Å². The molecule has 2 aromatic rings. The Balaban J connectivity index is 2.01. The van der Waals surface area contributed by atoms with Crippen LogP contribution in [0, 0.1) is 5.82 Å². The largest absolute Gasteiger partial charge is 0.493 e. The van der Waals surface area contributed by atoms with E-state index in [0.717, 1.165) is 29.3 Å². The molecule has 0 aromatic heterocycles. The van der Waals surface area contributed by atoms with Crippen molar-refractivity contribution < 1.29 is 32.2 Å². The van der Waals surface area contributed by atoms with Gasteiger partial charge in [0.25, 0.3) is 10.0 Å². The van der Waals surface area contributed by atoms with Gasteiger partial charge in [-0.2, -0.15) is 0 Å². The van der Waals surface area contributed by atoms with Gasteiger partial charge in [0.2, 0.25) is 5.91 Å². The molecule has 186 valence electrons. The molecule has 0 saturated heterocycles. The van der Waals surface area contributed by atoms with Crippen LogP contribution in [0.1, 0.15) is 25.7 Å². The Labute approximate surface area is 203 Å². The van der Waals surface area contributed by atoms with Gasteiger partial charge in [0.15, 0.2) is 11.5 Å². The van der Waals surface area contributed by atoms with Crippen LogP contribution in [0.5, 0.6) is 11.5 Å². The average Bonchev–Trinajstić information content (AvgIpc) is 2.83. The van der Waals surface area contributed by atoms with E-state index in [4.69, 9.17) is 21.1 Å². The van der Waals surface area contributed by atoms with Gasteiger partial charge in [-0.25, -0.2) is 12.8 Å². The highest BCUT2D eigenvalue weighted by Gasteiger charge is 2.34. The van der Waals surface area contributed by atoms with Gasteiger partial charge >= 0.3 is 0 Å². The van der Waals surface area contributed by atoms with Crippen LogP contribution < -0.4 is 13.8 Å². The van der Waals surface area contributed by atoms with E-state index in [1.54, 1.807) is 7.05 Å². The molecule has 2 aromatic carbocycles. The summed E-state index contributed by atoms with van der Waals surface area (Å²) in [5.41, 5.74) is 0.0205. The fourth-order valence-electron chi connectivity index (χ4n) is 4.02. The molecule has 11 heteroatoms. The minimum atomic E-state index is -4.31. The lowest BCUT2D eigenvalue weighted by Gasteiger charge is -2.36. The van der Waals surface area contributed by atoms with Crippen LogP contribution in [0.3, 0.4) is 0 Å². The van der Waals surface area contributed by atoms with E-state index in [-0.39, 0.29) is 21.4 Å². The molecule has 1 aliphatic carbocycles. The molecule has 0 aliphatic heterocycles. The summed E-state index contributed by atoms with van der Waals surface area (Å²) in [4.78, 5) is 14.4. The maximum Gasteiger partial charge on any atom is 0.264 e. The van der Waals surface area contributed by atoms with E-state index in [0.29, 0.717) is 18.6 Å². The molecule has 0 spiro atoms. The lowest BCUT2D eigenvalue weighted by molar-refractivity contribution is -0.133. The number of hydrogen-bond acceptors (Lipinski definition) is 6. The molecule has 2 atom stereocenters. The van der Waals surface area contributed by atoms with Crippen LogP contribution in [0.15, 0.2) is 41.3 Å². The maximum absolute atomic E-state index is 13.8. The van der Waals surface area contributed by atoms with Crippen molar-refractivity contribution in [3.05, 3.63) is 47.2 Å². The first kappa shape index (κ1) is 26.1. The highest BCUT2D eigenvalue weighted by atomic mass is 35.5. The second-order valence-electron chi connectivity index (χ2n) is 8.05. The predicted octanol–water partition coefficient (Wildman–Crippen LogP) is 3.45. The molecule has 0 heterocycles. The quantitative estimate of drug-likeness (QED) is 0.579. The molecule has 1 N–H and O–H groups in total. The number of likely N-dealkylation sites (N-methyl/N-ethyl adjacent to an activating group) is 1. The number of carbonyl (C=O) groups is 1. The Kier molecular flexibility index (Phi) is 8.27. The van der Waals surface area contributed by atoms with Gasteiger partial charge < -0.3 is 19.5 Å². The number of halogens is 2. The zero-order valence-electron chi connectivity index (χ0n) is 19.2. The normalized spacial score (nSPS) is 18.3. The molecular weight excluding hydrogens is 487 g/mol. The van der Waals surface area contributed by atoms with Crippen LogP contribution in [-0.2, 0) is 14.8 Å². The lowest BCUT2D eigenvalue weighted by Crippen LogP contribution is -2.50. The third-order valence-electron chi connectivity index (χ3n) is 6.00. The fraction of sp³-hybridized carbons (Fsp3) is 0.435. The number of nitrogens with zero attached hydrogens (tertiary/aromatic N) is 2. The minimum Gasteiger partial charge on any atom is -0.493 e.